The zero-order valence-corrected chi connectivity index (χ0v) is 20.0. The van der Waals surface area contributed by atoms with Crippen molar-refractivity contribution in [3.8, 4) is 5.75 Å². The van der Waals surface area contributed by atoms with E-state index in [1.807, 2.05) is 36.7 Å². The van der Waals surface area contributed by atoms with Crippen LogP contribution in [0.5, 0.6) is 5.75 Å². The Morgan fingerprint density at radius 2 is 1.94 bits per heavy atom. The molecule has 0 radical (unpaired) electrons. The Balaban J connectivity index is 1.40. The summed E-state index contributed by atoms with van der Waals surface area (Å²) in [5, 5.41) is 22.7. The highest BCUT2D eigenvalue weighted by molar-refractivity contribution is 9.10. The maximum atomic E-state index is 12.7. The van der Waals surface area contributed by atoms with Gasteiger partial charge in [0.1, 0.15) is 0 Å². The van der Waals surface area contributed by atoms with Crippen molar-refractivity contribution in [1.29, 1.82) is 0 Å². The third kappa shape index (κ3) is 5.15. The van der Waals surface area contributed by atoms with Crippen LogP contribution in [0.4, 0.5) is 11.4 Å². The van der Waals surface area contributed by atoms with Crippen LogP contribution in [0, 0.1) is 24.0 Å². The maximum Gasteiger partial charge on any atom is 0.311 e. The fraction of sp³-hybridized carbons (Fsp3) is 0.174. The molecule has 0 saturated heterocycles. The van der Waals surface area contributed by atoms with Crippen LogP contribution in [0.15, 0.2) is 65.3 Å². The molecular weight excluding hydrogens is 504 g/mol. The molecule has 0 atom stereocenters. The minimum absolute atomic E-state index is 0.0776. The fourth-order valence-electron chi connectivity index (χ4n) is 3.36. The summed E-state index contributed by atoms with van der Waals surface area (Å²) in [6.07, 6.45) is 1.57. The van der Waals surface area contributed by atoms with Crippen LogP contribution < -0.4 is 10.1 Å². The van der Waals surface area contributed by atoms with Crippen LogP contribution in [-0.2, 0) is 13.3 Å². The molecule has 0 aliphatic heterocycles. The highest BCUT2D eigenvalue weighted by Gasteiger charge is 2.15. The summed E-state index contributed by atoms with van der Waals surface area (Å²) in [6.45, 7) is 4.42. The average molecular weight is 525 g/mol. The second-order valence-electron chi connectivity index (χ2n) is 7.54. The highest BCUT2D eigenvalue weighted by atomic mass is 79.9. The number of carbonyl (C=O) groups excluding carboxylic acids is 1. The molecule has 0 aliphatic rings. The Labute approximate surface area is 203 Å². The molecule has 10 nitrogen and oxygen atoms in total. The standard InChI is InChI=1S/C23H21BrN6O4/c1-15-22(24)16(2)29(26-15)13-17-6-5-7-18(12-17)25-23(31)19-10-11-28(27-19)14-34-21-9-4-3-8-20(21)30(32)33/h3-12H,13-14H2,1-2H3,(H,25,31). The topological polar surface area (TPSA) is 117 Å². The SMILES string of the molecule is Cc1nn(Cc2cccc(NC(=O)c3ccn(COc4ccccc4[N+](=O)[O-])n3)c2)c(C)c1Br. The molecule has 1 N–H and O–H groups in total. The van der Waals surface area contributed by atoms with Crippen LogP contribution in [-0.4, -0.2) is 30.4 Å². The van der Waals surface area contributed by atoms with Crippen molar-refractivity contribution in [2.75, 3.05) is 5.32 Å². The molecular formula is C23H21BrN6O4. The van der Waals surface area contributed by atoms with E-state index in [9.17, 15) is 14.9 Å². The third-order valence-electron chi connectivity index (χ3n) is 5.10. The van der Waals surface area contributed by atoms with Gasteiger partial charge in [-0.05, 0) is 59.6 Å². The molecule has 0 saturated carbocycles. The molecule has 34 heavy (non-hydrogen) atoms. The first-order chi connectivity index (χ1) is 16.3. The molecule has 4 aromatic rings. The van der Waals surface area contributed by atoms with Gasteiger partial charge in [-0.25, -0.2) is 4.68 Å². The number of carbonyl (C=O) groups is 1. The van der Waals surface area contributed by atoms with Gasteiger partial charge in [-0.15, -0.1) is 0 Å². The third-order valence-corrected chi connectivity index (χ3v) is 6.25. The Hall–Kier alpha value is -3.99. The lowest BCUT2D eigenvalue weighted by molar-refractivity contribution is -0.386. The van der Waals surface area contributed by atoms with Gasteiger partial charge in [-0.2, -0.15) is 10.2 Å². The van der Waals surface area contributed by atoms with Gasteiger partial charge >= 0.3 is 5.69 Å². The van der Waals surface area contributed by atoms with E-state index in [0.29, 0.717) is 12.2 Å². The molecule has 11 heteroatoms. The maximum absolute atomic E-state index is 12.7. The van der Waals surface area contributed by atoms with Crippen LogP contribution in [0.25, 0.3) is 0 Å². The number of para-hydroxylation sites is 2. The van der Waals surface area contributed by atoms with Crippen LogP contribution in [0.3, 0.4) is 0 Å². The Bertz CT molecular complexity index is 1360. The van der Waals surface area contributed by atoms with E-state index in [-0.39, 0.29) is 29.8 Å². The number of aromatic nitrogens is 4. The minimum Gasteiger partial charge on any atom is -0.464 e. The van der Waals surface area contributed by atoms with Crippen molar-refractivity contribution in [3.05, 3.63) is 98.0 Å². The van der Waals surface area contributed by atoms with Gasteiger partial charge in [-0.1, -0.05) is 24.3 Å². The molecule has 0 fully saturated rings. The lowest BCUT2D eigenvalue weighted by Crippen LogP contribution is -2.14. The summed E-state index contributed by atoms with van der Waals surface area (Å²) >= 11 is 3.53. The summed E-state index contributed by atoms with van der Waals surface area (Å²) in [7, 11) is 0. The minimum atomic E-state index is -0.515. The van der Waals surface area contributed by atoms with E-state index in [2.05, 4.69) is 31.4 Å². The molecule has 174 valence electrons. The number of amides is 1. The van der Waals surface area contributed by atoms with Crippen molar-refractivity contribution < 1.29 is 14.5 Å². The van der Waals surface area contributed by atoms with E-state index < -0.39 is 4.92 Å². The molecule has 1 amide bonds. The number of nitro groups is 1. The van der Waals surface area contributed by atoms with Crippen LogP contribution in [0.1, 0.15) is 27.4 Å². The number of nitrogens with zero attached hydrogens (tertiary/aromatic N) is 5. The second-order valence-corrected chi connectivity index (χ2v) is 8.33. The normalized spacial score (nSPS) is 10.8. The number of aryl methyl sites for hydroxylation is 1. The molecule has 0 bridgehead atoms. The van der Waals surface area contributed by atoms with Gasteiger partial charge in [0.15, 0.2) is 18.2 Å². The first kappa shape index (κ1) is 23.2. The summed E-state index contributed by atoms with van der Waals surface area (Å²) in [4.78, 5) is 23.3. The monoisotopic (exact) mass is 524 g/mol. The van der Waals surface area contributed by atoms with Crippen LogP contribution in [0.2, 0.25) is 0 Å². The number of hydrogen-bond acceptors (Lipinski definition) is 6. The van der Waals surface area contributed by atoms with E-state index >= 15 is 0 Å². The second kappa shape index (κ2) is 9.87. The predicted octanol–water partition coefficient (Wildman–Crippen LogP) is 4.70. The zero-order valence-electron chi connectivity index (χ0n) is 18.4. The largest absolute Gasteiger partial charge is 0.464 e. The Morgan fingerprint density at radius 3 is 2.68 bits per heavy atom. The summed E-state index contributed by atoms with van der Waals surface area (Å²) < 4.78 is 9.78. The summed E-state index contributed by atoms with van der Waals surface area (Å²) in [5.41, 5.74) is 3.62. The van der Waals surface area contributed by atoms with Gasteiger partial charge in [0.2, 0.25) is 0 Å². The predicted molar refractivity (Wildman–Crippen MR) is 129 cm³/mol. The Morgan fingerprint density at radius 1 is 1.15 bits per heavy atom. The molecule has 2 aromatic heterocycles. The van der Waals surface area contributed by atoms with Crippen LogP contribution >= 0.6 is 15.9 Å². The van der Waals surface area contributed by atoms with E-state index in [4.69, 9.17) is 4.74 Å². The molecule has 0 unspecified atom stereocenters. The van der Waals surface area contributed by atoms with Gasteiger partial charge in [0.25, 0.3) is 5.91 Å². The number of nitro benzene ring substituents is 1. The van der Waals surface area contributed by atoms with Crippen molar-refractivity contribution in [1.82, 2.24) is 19.6 Å². The van der Waals surface area contributed by atoms with E-state index in [1.54, 1.807) is 30.5 Å². The molecule has 0 aliphatic carbocycles. The highest BCUT2D eigenvalue weighted by Crippen LogP contribution is 2.26. The van der Waals surface area contributed by atoms with E-state index in [1.165, 1.54) is 16.8 Å². The lowest BCUT2D eigenvalue weighted by atomic mass is 10.2. The Kier molecular flexibility index (Phi) is 6.73. The van der Waals surface area contributed by atoms with Crippen molar-refractivity contribution in [2.24, 2.45) is 0 Å². The molecule has 2 aromatic carbocycles. The fourth-order valence-corrected chi connectivity index (χ4v) is 3.65. The van der Waals surface area contributed by atoms with Crippen molar-refractivity contribution in [2.45, 2.75) is 27.1 Å². The number of benzene rings is 2. The summed E-state index contributed by atoms with van der Waals surface area (Å²) in [5.74, 6) is -0.254. The number of ether oxygens (including phenoxy) is 1. The van der Waals surface area contributed by atoms with Gasteiger partial charge in [-0.3, -0.25) is 19.6 Å². The smallest absolute Gasteiger partial charge is 0.311 e. The molecule has 4 rings (SSSR count). The first-order valence-corrected chi connectivity index (χ1v) is 11.1. The summed E-state index contributed by atoms with van der Waals surface area (Å²) in [6, 6.07) is 15.1. The lowest BCUT2D eigenvalue weighted by Gasteiger charge is -2.08. The number of anilines is 1. The van der Waals surface area contributed by atoms with Gasteiger partial charge in [0.05, 0.1) is 27.3 Å². The molecule has 0 spiro atoms. The van der Waals surface area contributed by atoms with Gasteiger partial charge < -0.3 is 10.1 Å². The average Bonchev–Trinajstić information content (AvgIpc) is 3.39. The zero-order chi connectivity index (χ0) is 24.2. The van der Waals surface area contributed by atoms with E-state index in [0.717, 1.165) is 21.4 Å². The number of nitrogens with one attached hydrogen (secondary N) is 1. The number of rotatable bonds is 8. The number of halogens is 1. The van der Waals surface area contributed by atoms with Crippen molar-refractivity contribution >= 4 is 33.2 Å². The molecule has 2 heterocycles. The number of hydrogen-bond donors (Lipinski definition) is 1. The van der Waals surface area contributed by atoms with Gasteiger partial charge in [0, 0.05) is 18.0 Å². The first-order valence-electron chi connectivity index (χ1n) is 10.3. The quantitative estimate of drug-likeness (QED) is 0.263. The van der Waals surface area contributed by atoms with Crippen molar-refractivity contribution in [3.63, 3.8) is 0 Å².